The number of amides is 1. The smallest absolute Gasteiger partial charge is 0.255 e. The fraction of sp³-hybridized carbons (Fsp3) is 0.562. The molecule has 2 aliphatic rings. The lowest BCUT2D eigenvalue weighted by Crippen LogP contribution is -2.36. The number of carbonyl (C=O) groups excluding carboxylic acids is 1. The largest absolute Gasteiger partial charge is 0.337 e. The van der Waals surface area contributed by atoms with E-state index in [1.165, 1.54) is 31.0 Å². The molecular weight excluding hydrogens is 291 g/mol. The Labute approximate surface area is 129 Å². The van der Waals surface area contributed by atoms with Crippen molar-refractivity contribution in [1.29, 1.82) is 0 Å². The molecule has 1 aromatic rings. The van der Waals surface area contributed by atoms with E-state index in [4.69, 9.17) is 11.6 Å². The predicted molar refractivity (Wildman–Crippen MR) is 81.1 cm³/mol. The van der Waals surface area contributed by atoms with Crippen LogP contribution in [-0.2, 0) is 0 Å². The van der Waals surface area contributed by atoms with Crippen molar-refractivity contribution in [2.45, 2.75) is 25.8 Å². The van der Waals surface area contributed by atoms with E-state index in [1.54, 1.807) is 0 Å². The summed E-state index contributed by atoms with van der Waals surface area (Å²) in [4.78, 5) is 16.9. The van der Waals surface area contributed by atoms with Crippen LogP contribution in [0.3, 0.4) is 0 Å². The molecule has 1 saturated carbocycles. The average Bonchev–Trinajstić information content (AvgIpc) is 3.27. The Morgan fingerprint density at radius 1 is 1.29 bits per heavy atom. The van der Waals surface area contributed by atoms with Gasteiger partial charge in [-0.3, -0.25) is 9.69 Å². The summed E-state index contributed by atoms with van der Waals surface area (Å²) in [6, 6.07) is 4.67. The minimum atomic E-state index is -0.426. The third-order valence-corrected chi connectivity index (χ3v) is 4.57. The summed E-state index contributed by atoms with van der Waals surface area (Å²) in [5.74, 6) is -0.168. The van der Waals surface area contributed by atoms with Gasteiger partial charge in [-0.05, 0) is 37.0 Å². The van der Waals surface area contributed by atoms with Gasteiger partial charge < -0.3 is 4.90 Å². The summed E-state index contributed by atoms with van der Waals surface area (Å²) in [6.07, 6.45) is 2.55. The highest BCUT2D eigenvalue weighted by Crippen LogP contribution is 2.29. The topological polar surface area (TPSA) is 23.6 Å². The standard InChI is InChI=1S/C16H20ClFN2O/c1-11-9-19(13-3-4-13)6-7-20(10-11)16(21)14-8-12(18)2-5-15(14)17/h2,5,8,11,13H,3-4,6-7,9-10H2,1H3/t11-/m0/s1. The first kappa shape index (κ1) is 14.8. The molecule has 0 N–H and O–H groups in total. The lowest BCUT2D eigenvalue weighted by Gasteiger charge is -2.22. The SMILES string of the molecule is C[C@@H]1CN(C(=O)c2cc(F)ccc2Cl)CCN(C2CC2)C1. The Morgan fingerprint density at radius 2 is 2.05 bits per heavy atom. The molecule has 3 rings (SSSR count). The Balaban J connectivity index is 1.75. The summed E-state index contributed by atoms with van der Waals surface area (Å²) in [6.45, 7) is 5.48. The van der Waals surface area contributed by atoms with Gasteiger partial charge in [0.1, 0.15) is 5.82 Å². The number of benzene rings is 1. The molecule has 1 atom stereocenters. The van der Waals surface area contributed by atoms with Gasteiger partial charge >= 0.3 is 0 Å². The quantitative estimate of drug-likeness (QED) is 0.838. The monoisotopic (exact) mass is 310 g/mol. The van der Waals surface area contributed by atoms with Crippen molar-refractivity contribution in [3.63, 3.8) is 0 Å². The van der Waals surface area contributed by atoms with Crippen molar-refractivity contribution < 1.29 is 9.18 Å². The highest BCUT2D eigenvalue weighted by atomic mass is 35.5. The van der Waals surface area contributed by atoms with Crippen LogP contribution in [0.2, 0.25) is 5.02 Å². The number of nitrogens with zero attached hydrogens (tertiary/aromatic N) is 2. The van der Waals surface area contributed by atoms with Crippen LogP contribution in [0.5, 0.6) is 0 Å². The maximum Gasteiger partial charge on any atom is 0.255 e. The molecule has 5 heteroatoms. The fourth-order valence-corrected chi connectivity index (χ4v) is 3.25. The fourth-order valence-electron chi connectivity index (χ4n) is 3.05. The number of halogens is 2. The minimum absolute atomic E-state index is 0.163. The zero-order valence-corrected chi connectivity index (χ0v) is 12.9. The van der Waals surface area contributed by atoms with E-state index in [9.17, 15) is 9.18 Å². The van der Waals surface area contributed by atoms with Gasteiger partial charge in [-0.1, -0.05) is 18.5 Å². The molecule has 0 aromatic heterocycles. The Hall–Kier alpha value is -1.13. The van der Waals surface area contributed by atoms with E-state index in [0.717, 1.165) is 13.1 Å². The van der Waals surface area contributed by atoms with Gasteiger partial charge in [0.2, 0.25) is 0 Å². The molecule has 1 aromatic carbocycles. The lowest BCUT2D eigenvalue weighted by atomic mass is 10.1. The molecule has 3 nitrogen and oxygen atoms in total. The van der Waals surface area contributed by atoms with Gasteiger partial charge in [0.05, 0.1) is 10.6 Å². The van der Waals surface area contributed by atoms with Crippen LogP contribution in [0.15, 0.2) is 18.2 Å². The van der Waals surface area contributed by atoms with Gasteiger partial charge in [0.15, 0.2) is 0 Å². The van der Waals surface area contributed by atoms with Crippen molar-refractivity contribution in [3.05, 3.63) is 34.6 Å². The van der Waals surface area contributed by atoms with E-state index in [2.05, 4.69) is 11.8 Å². The van der Waals surface area contributed by atoms with Gasteiger partial charge in [-0.25, -0.2) is 4.39 Å². The Kier molecular flexibility index (Phi) is 4.18. The number of carbonyl (C=O) groups is 1. The molecule has 0 bridgehead atoms. The minimum Gasteiger partial charge on any atom is -0.337 e. The molecule has 1 heterocycles. The second kappa shape index (κ2) is 5.93. The highest BCUT2D eigenvalue weighted by molar-refractivity contribution is 6.33. The normalized spacial score (nSPS) is 24.0. The van der Waals surface area contributed by atoms with E-state index in [-0.39, 0.29) is 11.5 Å². The molecular formula is C16H20ClFN2O. The van der Waals surface area contributed by atoms with Gasteiger partial charge in [-0.2, -0.15) is 0 Å². The molecule has 1 amide bonds. The van der Waals surface area contributed by atoms with Crippen LogP contribution < -0.4 is 0 Å². The molecule has 2 fully saturated rings. The van der Waals surface area contributed by atoms with Crippen molar-refractivity contribution in [2.24, 2.45) is 5.92 Å². The second-order valence-corrected chi connectivity index (χ2v) is 6.61. The number of hydrogen-bond acceptors (Lipinski definition) is 2. The molecule has 114 valence electrons. The van der Waals surface area contributed by atoms with Crippen molar-refractivity contribution in [3.8, 4) is 0 Å². The molecule has 1 aliphatic heterocycles. The second-order valence-electron chi connectivity index (χ2n) is 6.21. The molecule has 1 saturated heterocycles. The Bertz CT molecular complexity index is 547. The van der Waals surface area contributed by atoms with E-state index >= 15 is 0 Å². The number of hydrogen-bond donors (Lipinski definition) is 0. The third-order valence-electron chi connectivity index (χ3n) is 4.24. The van der Waals surface area contributed by atoms with Crippen molar-refractivity contribution >= 4 is 17.5 Å². The number of rotatable bonds is 2. The maximum absolute atomic E-state index is 13.4. The average molecular weight is 311 g/mol. The third kappa shape index (κ3) is 3.38. The van der Waals surface area contributed by atoms with Crippen LogP contribution in [0.25, 0.3) is 0 Å². The molecule has 0 radical (unpaired) electrons. The first-order valence-corrected chi connectivity index (χ1v) is 7.91. The molecule has 21 heavy (non-hydrogen) atoms. The predicted octanol–water partition coefficient (Wildman–Crippen LogP) is 3.04. The van der Waals surface area contributed by atoms with Crippen LogP contribution in [0.1, 0.15) is 30.1 Å². The van der Waals surface area contributed by atoms with E-state index < -0.39 is 5.82 Å². The summed E-state index contributed by atoms with van der Waals surface area (Å²) >= 11 is 6.05. The van der Waals surface area contributed by atoms with Crippen LogP contribution in [-0.4, -0.2) is 47.9 Å². The summed E-state index contributed by atoms with van der Waals surface area (Å²) < 4.78 is 13.4. The lowest BCUT2D eigenvalue weighted by molar-refractivity contribution is 0.0748. The molecule has 0 unspecified atom stereocenters. The molecule has 1 aliphatic carbocycles. The van der Waals surface area contributed by atoms with E-state index in [0.29, 0.717) is 30.1 Å². The van der Waals surface area contributed by atoms with Gasteiger partial charge in [0, 0.05) is 32.2 Å². The van der Waals surface area contributed by atoms with Gasteiger partial charge in [-0.15, -0.1) is 0 Å². The summed E-state index contributed by atoms with van der Waals surface area (Å²) in [7, 11) is 0. The summed E-state index contributed by atoms with van der Waals surface area (Å²) in [5, 5.41) is 0.317. The van der Waals surface area contributed by atoms with Gasteiger partial charge in [0.25, 0.3) is 5.91 Å². The van der Waals surface area contributed by atoms with Crippen LogP contribution in [0, 0.1) is 11.7 Å². The zero-order valence-electron chi connectivity index (χ0n) is 12.2. The Morgan fingerprint density at radius 3 is 2.76 bits per heavy atom. The van der Waals surface area contributed by atoms with Crippen LogP contribution in [0.4, 0.5) is 4.39 Å². The first-order valence-electron chi connectivity index (χ1n) is 7.53. The molecule has 0 spiro atoms. The highest BCUT2D eigenvalue weighted by Gasteiger charge is 2.33. The van der Waals surface area contributed by atoms with Crippen molar-refractivity contribution in [1.82, 2.24) is 9.80 Å². The van der Waals surface area contributed by atoms with Crippen molar-refractivity contribution in [2.75, 3.05) is 26.2 Å². The first-order chi connectivity index (χ1) is 10.0. The summed E-state index contributed by atoms with van der Waals surface area (Å²) in [5.41, 5.74) is 0.267. The maximum atomic E-state index is 13.4. The van der Waals surface area contributed by atoms with E-state index in [1.807, 2.05) is 4.90 Å². The zero-order chi connectivity index (χ0) is 15.0. The van der Waals surface area contributed by atoms with Crippen LogP contribution >= 0.6 is 11.6 Å².